The molecule has 1 heterocycles. The molecule has 0 aliphatic heterocycles. The third-order valence-electron chi connectivity index (χ3n) is 2.82. The molecule has 0 radical (unpaired) electrons. The number of aryl methyl sites for hydroxylation is 1. The number of hydrogen-bond donors (Lipinski definition) is 1. The maximum Gasteiger partial charge on any atom is 0.355 e. The highest BCUT2D eigenvalue weighted by molar-refractivity contribution is 5.89. The van der Waals surface area contributed by atoms with E-state index < -0.39 is 5.97 Å². The number of benzene rings is 1. The second kappa shape index (κ2) is 6.56. The standard InChI is InChI=1S/C15H16N2O3/c1-17-9-5-8-13(17)15(19)20-11-14(18)16-10-12-6-3-2-4-7-12/h2-9H,10-11H2,1H3,(H,16,18). The molecule has 0 bridgehead atoms. The van der Waals surface area contributed by atoms with E-state index in [-0.39, 0.29) is 12.5 Å². The molecule has 2 aromatic rings. The summed E-state index contributed by atoms with van der Waals surface area (Å²) in [5.74, 6) is -0.830. The Morgan fingerprint density at radius 2 is 1.90 bits per heavy atom. The summed E-state index contributed by atoms with van der Waals surface area (Å²) >= 11 is 0. The van der Waals surface area contributed by atoms with Gasteiger partial charge in [0.1, 0.15) is 5.69 Å². The third-order valence-corrected chi connectivity index (χ3v) is 2.82. The zero-order valence-corrected chi connectivity index (χ0v) is 11.2. The minimum absolute atomic E-state index is 0.281. The molecule has 1 aromatic heterocycles. The lowest BCUT2D eigenvalue weighted by molar-refractivity contribution is -0.124. The van der Waals surface area contributed by atoms with Gasteiger partial charge in [-0.3, -0.25) is 4.79 Å². The minimum atomic E-state index is -0.507. The van der Waals surface area contributed by atoms with Crippen LogP contribution in [-0.2, 0) is 23.1 Å². The van der Waals surface area contributed by atoms with Crippen molar-refractivity contribution in [3.63, 3.8) is 0 Å². The van der Waals surface area contributed by atoms with Crippen LogP contribution >= 0.6 is 0 Å². The summed E-state index contributed by atoms with van der Waals surface area (Å²) in [6, 6.07) is 12.9. The molecule has 20 heavy (non-hydrogen) atoms. The van der Waals surface area contributed by atoms with Gasteiger partial charge in [0.2, 0.25) is 0 Å². The van der Waals surface area contributed by atoms with Crippen molar-refractivity contribution in [2.24, 2.45) is 7.05 Å². The largest absolute Gasteiger partial charge is 0.451 e. The van der Waals surface area contributed by atoms with E-state index >= 15 is 0 Å². The number of carbonyl (C=O) groups is 2. The number of amides is 1. The SMILES string of the molecule is Cn1cccc1C(=O)OCC(=O)NCc1ccccc1. The molecule has 0 atom stereocenters. The number of aromatic nitrogens is 1. The predicted octanol–water partition coefficient (Wildman–Crippen LogP) is 1.50. The number of esters is 1. The molecule has 0 unspecified atom stereocenters. The van der Waals surface area contributed by atoms with Crippen molar-refractivity contribution >= 4 is 11.9 Å². The number of hydrogen-bond acceptors (Lipinski definition) is 3. The van der Waals surface area contributed by atoms with Crippen molar-refractivity contribution in [2.75, 3.05) is 6.61 Å². The summed E-state index contributed by atoms with van der Waals surface area (Å²) in [5.41, 5.74) is 1.41. The van der Waals surface area contributed by atoms with Crippen molar-refractivity contribution < 1.29 is 14.3 Å². The number of carbonyl (C=O) groups excluding carboxylic acids is 2. The lowest BCUT2D eigenvalue weighted by atomic mass is 10.2. The van der Waals surface area contributed by atoms with Crippen LogP contribution in [0.2, 0.25) is 0 Å². The van der Waals surface area contributed by atoms with Crippen molar-refractivity contribution in [3.8, 4) is 0 Å². The van der Waals surface area contributed by atoms with Crippen LogP contribution in [0.25, 0.3) is 0 Å². The Hall–Kier alpha value is -2.56. The van der Waals surface area contributed by atoms with E-state index in [0.29, 0.717) is 12.2 Å². The molecule has 1 N–H and O–H groups in total. The molecule has 0 fully saturated rings. The smallest absolute Gasteiger partial charge is 0.355 e. The number of nitrogens with one attached hydrogen (secondary N) is 1. The van der Waals surface area contributed by atoms with Gasteiger partial charge in [-0.25, -0.2) is 4.79 Å². The lowest BCUT2D eigenvalue weighted by Gasteiger charge is -2.07. The van der Waals surface area contributed by atoms with Gasteiger partial charge in [-0.2, -0.15) is 0 Å². The average molecular weight is 272 g/mol. The Morgan fingerprint density at radius 3 is 2.55 bits per heavy atom. The molecule has 0 spiro atoms. The second-order valence-electron chi connectivity index (χ2n) is 4.34. The van der Waals surface area contributed by atoms with E-state index in [9.17, 15) is 9.59 Å². The fraction of sp³-hybridized carbons (Fsp3) is 0.200. The molecule has 1 amide bonds. The average Bonchev–Trinajstić information content (AvgIpc) is 2.90. The van der Waals surface area contributed by atoms with Gasteiger partial charge >= 0.3 is 5.97 Å². The highest BCUT2D eigenvalue weighted by atomic mass is 16.5. The molecule has 0 aliphatic carbocycles. The summed E-state index contributed by atoms with van der Waals surface area (Å²) in [5, 5.41) is 2.69. The third kappa shape index (κ3) is 3.71. The Bertz CT molecular complexity index is 590. The quantitative estimate of drug-likeness (QED) is 0.839. The fourth-order valence-electron chi connectivity index (χ4n) is 1.73. The lowest BCUT2D eigenvalue weighted by Crippen LogP contribution is -2.28. The molecule has 0 saturated carbocycles. The van der Waals surface area contributed by atoms with Crippen LogP contribution < -0.4 is 5.32 Å². The Kier molecular flexibility index (Phi) is 4.55. The first-order valence-electron chi connectivity index (χ1n) is 6.26. The summed E-state index contributed by atoms with van der Waals surface area (Å²) in [4.78, 5) is 23.3. The van der Waals surface area contributed by atoms with Gasteiger partial charge in [-0.1, -0.05) is 30.3 Å². The fourth-order valence-corrected chi connectivity index (χ4v) is 1.73. The van der Waals surface area contributed by atoms with Gasteiger partial charge < -0.3 is 14.6 Å². The molecular formula is C15H16N2O3. The van der Waals surface area contributed by atoms with E-state index in [1.807, 2.05) is 30.3 Å². The predicted molar refractivity (Wildman–Crippen MR) is 74.0 cm³/mol. The topological polar surface area (TPSA) is 60.3 Å². The second-order valence-corrected chi connectivity index (χ2v) is 4.34. The van der Waals surface area contributed by atoms with Crippen LogP contribution in [0.5, 0.6) is 0 Å². The number of nitrogens with zero attached hydrogens (tertiary/aromatic N) is 1. The molecule has 104 valence electrons. The molecule has 0 aliphatic rings. The van der Waals surface area contributed by atoms with Crippen molar-refractivity contribution in [1.82, 2.24) is 9.88 Å². The maximum absolute atomic E-state index is 11.7. The van der Waals surface area contributed by atoms with Crippen LogP contribution in [-0.4, -0.2) is 23.1 Å². The van der Waals surface area contributed by atoms with Gasteiger partial charge in [0.25, 0.3) is 5.91 Å². The van der Waals surface area contributed by atoms with Gasteiger partial charge in [0.15, 0.2) is 6.61 Å². The van der Waals surface area contributed by atoms with E-state index in [2.05, 4.69) is 5.32 Å². The van der Waals surface area contributed by atoms with Crippen LogP contribution in [0.1, 0.15) is 16.1 Å². The highest BCUT2D eigenvalue weighted by Gasteiger charge is 2.12. The Balaban J connectivity index is 1.75. The summed E-state index contributed by atoms with van der Waals surface area (Å²) < 4.78 is 6.59. The molecular weight excluding hydrogens is 256 g/mol. The maximum atomic E-state index is 11.7. The van der Waals surface area contributed by atoms with Crippen molar-refractivity contribution in [1.29, 1.82) is 0 Å². The molecule has 0 saturated heterocycles. The molecule has 5 heteroatoms. The molecule has 5 nitrogen and oxygen atoms in total. The van der Waals surface area contributed by atoms with Crippen LogP contribution in [0, 0.1) is 0 Å². The van der Waals surface area contributed by atoms with E-state index in [1.165, 1.54) is 0 Å². The van der Waals surface area contributed by atoms with Crippen LogP contribution in [0.15, 0.2) is 48.7 Å². The summed E-state index contributed by atoms with van der Waals surface area (Å²) in [7, 11) is 1.74. The first-order valence-corrected chi connectivity index (χ1v) is 6.26. The number of rotatable bonds is 5. The van der Waals surface area contributed by atoms with Gasteiger partial charge in [-0.15, -0.1) is 0 Å². The van der Waals surface area contributed by atoms with Crippen molar-refractivity contribution in [3.05, 3.63) is 59.9 Å². The Labute approximate surface area is 117 Å². The van der Waals surface area contributed by atoms with Crippen molar-refractivity contribution in [2.45, 2.75) is 6.54 Å². The number of ether oxygens (including phenoxy) is 1. The van der Waals surface area contributed by atoms with Crippen LogP contribution in [0.3, 0.4) is 0 Å². The van der Waals surface area contributed by atoms with Gasteiger partial charge in [-0.05, 0) is 17.7 Å². The van der Waals surface area contributed by atoms with E-state index in [0.717, 1.165) is 5.56 Å². The molecule has 1 aromatic carbocycles. The Morgan fingerprint density at radius 1 is 1.15 bits per heavy atom. The highest BCUT2D eigenvalue weighted by Crippen LogP contribution is 2.02. The molecule has 2 rings (SSSR count). The summed E-state index contributed by atoms with van der Waals surface area (Å²) in [6.07, 6.45) is 1.74. The van der Waals surface area contributed by atoms with Crippen LogP contribution in [0.4, 0.5) is 0 Å². The zero-order chi connectivity index (χ0) is 14.4. The van der Waals surface area contributed by atoms with Gasteiger partial charge in [0, 0.05) is 19.8 Å². The van der Waals surface area contributed by atoms with Gasteiger partial charge in [0.05, 0.1) is 0 Å². The minimum Gasteiger partial charge on any atom is -0.451 e. The zero-order valence-electron chi connectivity index (χ0n) is 11.2. The summed E-state index contributed by atoms with van der Waals surface area (Å²) in [6.45, 7) is 0.137. The van der Waals surface area contributed by atoms with E-state index in [1.54, 1.807) is 29.9 Å². The first kappa shape index (κ1) is 13.9. The van der Waals surface area contributed by atoms with E-state index in [4.69, 9.17) is 4.74 Å². The first-order chi connectivity index (χ1) is 9.66. The normalized spacial score (nSPS) is 10.1. The monoisotopic (exact) mass is 272 g/mol.